The van der Waals surface area contributed by atoms with Gasteiger partial charge in [-0.25, -0.2) is 4.98 Å². The van der Waals surface area contributed by atoms with E-state index in [2.05, 4.69) is 51.4 Å². The van der Waals surface area contributed by atoms with Gasteiger partial charge in [-0.15, -0.1) is 0 Å². The highest BCUT2D eigenvalue weighted by atomic mass is 16.5. The van der Waals surface area contributed by atoms with Crippen LogP contribution in [0.3, 0.4) is 0 Å². The van der Waals surface area contributed by atoms with Gasteiger partial charge < -0.3 is 20.1 Å². The first-order valence-corrected chi connectivity index (χ1v) is 11.1. The van der Waals surface area contributed by atoms with E-state index in [-0.39, 0.29) is 18.6 Å². The van der Waals surface area contributed by atoms with Crippen molar-refractivity contribution in [3.8, 4) is 5.88 Å². The van der Waals surface area contributed by atoms with Crippen LogP contribution in [0.1, 0.15) is 34.3 Å². The average Bonchev–Trinajstić information content (AvgIpc) is 2.79. The molecule has 1 unspecified atom stereocenters. The predicted molar refractivity (Wildman–Crippen MR) is 119 cm³/mol. The Labute approximate surface area is 184 Å². The molecule has 7 heteroatoms. The van der Waals surface area contributed by atoms with Crippen LogP contribution >= 0.6 is 0 Å². The minimum Gasteiger partial charge on any atom is -0.474 e. The molecular weight excluding hydrogens is 392 g/mol. The van der Waals surface area contributed by atoms with Gasteiger partial charge in [-0.3, -0.25) is 9.69 Å². The molecule has 1 saturated heterocycles. The molecule has 7 nitrogen and oxygen atoms in total. The second-order valence-corrected chi connectivity index (χ2v) is 8.62. The lowest BCUT2D eigenvalue weighted by Gasteiger charge is -2.30. The number of hydrogen-bond acceptors (Lipinski definition) is 6. The van der Waals surface area contributed by atoms with Crippen LogP contribution in [0.25, 0.3) is 0 Å². The van der Waals surface area contributed by atoms with E-state index in [1.54, 1.807) is 18.3 Å². The summed E-state index contributed by atoms with van der Waals surface area (Å²) in [6.45, 7) is 4.52. The molecule has 2 aliphatic heterocycles. The van der Waals surface area contributed by atoms with Crippen LogP contribution in [0, 0.1) is 0 Å². The van der Waals surface area contributed by atoms with Gasteiger partial charge in [0.1, 0.15) is 6.10 Å². The first kappa shape index (κ1) is 21.7. The van der Waals surface area contributed by atoms with Crippen LogP contribution in [-0.2, 0) is 13.0 Å². The van der Waals surface area contributed by atoms with Crippen molar-refractivity contribution in [1.29, 1.82) is 0 Å². The lowest BCUT2D eigenvalue weighted by Crippen LogP contribution is -2.42. The third-order valence-electron chi connectivity index (χ3n) is 6.13. The summed E-state index contributed by atoms with van der Waals surface area (Å²) in [6.07, 6.45) is 4.03. The van der Waals surface area contributed by atoms with Crippen molar-refractivity contribution in [2.24, 2.45) is 0 Å². The van der Waals surface area contributed by atoms with Crippen LogP contribution in [-0.4, -0.2) is 77.8 Å². The number of hydrogen-bond donors (Lipinski definition) is 2. The number of carbonyl (C=O) groups excluding carboxylic acids is 1. The van der Waals surface area contributed by atoms with Gasteiger partial charge in [0.15, 0.2) is 0 Å². The maximum atomic E-state index is 12.6. The number of rotatable bonds is 7. The van der Waals surface area contributed by atoms with Crippen molar-refractivity contribution >= 4 is 5.91 Å². The summed E-state index contributed by atoms with van der Waals surface area (Å²) in [5, 5.41) is 13.3. The maximum absolute atomic E-state index is 12.6. The first-order valence-electron chi connectivity index (χ1n) is 11.1. The van der Waals surface area contributed by atoms with Gasteiger partial charge in [0.25, 0.3) is 5.91 Å². The van der Waals surface area contributed by atoms with Gasteiger partial charge in [0.2, 0.25) is 5.88 Å². The van der Waals surface area contributed by atoms with Gasteiger partial charge >= 0.3 is 0 Å². The van der Waals surface area contributed by atoms with E-state index >= 15 is 0 Å². The molecule has 0 bridgehead atoms. The maximum Gasteiger partial charge on any atom is 0.251 e. The molecular formula is C24H32N4O3. The number of benzene rings is 1. The Hall–Kier alpha value is -2.48. The molecule has 0 radical (unpaired) electrons. The normalized spacial score (nSPS) is 18.9. The van der Waals surface area contributed by atoms with E-state index in [1.807, 2.05) is 0 Å². The average molecular weight is 425 g/mol. The second-order valence-electron chi connectivity index (χ2n) is 8.62. The molecule has 166 valence electrons. The highest BCUT2D eigenvalue weighted by Crippen LogP contribution is 2.19. The summed E-state index contributed by atoms with van der Waals surface area (Å²) in [4.78, 5) is 21.3. The molecule has 2 aliphatic rings. The number of nitrogens with one attached hydrogen (secondary N) is 1. The molecule has 1 aromatic carbocycles. The minimum atomic E-state index is -0.619. The molecule has 31 heavy (non-hydrogen) atoms. The molecule has 2 N–H and O–H groups in total. The number of fused-ring (bicyclic) bond motifs is 1. The minimum absolute atomic E-state index is 0.138. The standard InChI is InChI=1S/C24H32N4O3/c1-27-11-8-22(9-12-27)31-23-14-19(6-10-25-23)24(30)26-15-21(29)17-28-13-7-18-4-2-3-5-20(18)16-28/h2-6,10,14,21-22,29H,7-9,11-13,15-17H2,1H3,(H,26,30). The van der Waals surface area contributed by atoms with Crippen molar-refractivity contribution in [3.63, 3.8) is 0 Å². The Bertz CT molecular complexity index is 883. The van der Waals surface area contributed by atoms with Crippen LogP contribution in [0.2, 0.25) is 0 Å². The highest BCUT2D eigenvalue weighted by molar-refractivity contribution is 5.94. The lowest BCUT2D eigenvalue weighted by molar-refractivity contribution is 0.0839. The van der Waals surface area contributed by atoms with Crippen LogP contribution in [0.4, 0.5) is 0 Å². The van der Waals surface area contributed by atoms with E-state index in [9.17, 15) is 9.90 Å². The summed E-state index contributed by atoms with van der Waals surface area (Å²) < 4.78 is 5.98. The Balaban J connectivity index is 1.24. The van der Waals surface area contributed by atoms with Crippen molar-refractivity contribution in [1.82, 2.24) is 20.1 Å². The number of nitrogens with zero attached hydrogens (tertiary/aromatic N) is 3. The molecule has 1 aromatic heterocycles. The van der Waals surface area contributed by atoms with Crippen molar-refractivity contribution in [2.75, 3.05) is 39.8 Å². The third kappa shape index (κ3) is 6.03. The predicted octanol–water partition coefficient (Wildman–Crippen LogP) is 1.70. The second kappa shape index (κ2) is 10.2. The van der Waals surface area contributed by atoms with Gasteiger partial charge in [-0.05, 0) is 43.5 Å². The van der Waals surface area contributed by atoms with Crippen molar-refractivity contribution < 1.29 is 14.6 Å². The summed E-state index contributed by atoms with van der Waals surface area (Å²) in [7, 11) is 2.11. The molecule has 1 fully saturated rings. The molecule has 1 atom stereocenters. The number of aromatic nitrogens is 1. The quantitative estimate of drug-likeness (QED) is 0.705. The Morgan fingerprint density at radius 2 is 2.00 bits per heavy atom. The van der Waals surface area contributed by atoms with Gasteiger partial charge in [-0.1, -0.05) is 24.3 Å². The summed E-state index contributed by atoms with van der Waals surface area (Å²) >= 11 is 0. The van der Waals surface area contributed by atoms with E-state index in [0.717, 1.165) is 45.4 Å². The van der Waals surface area contributed by atoms with Crippen molar-refractivity contribution in [2.45, 2.75) is 38.0 Å². The molecule has 1 amide bonds. The Morgan fingerprint density at radius 1 is 1.23 bits per heavy atom. The number of piperidine rings is 1. The van der Waals surface area contributed by atoms with Crippen LogP contribution in [0.15, 0.2) is 42.6 Å². The number of likely N-dealkylation sites (tertiary alicyclic amines) is 1. The molecule has 4 rings (SSSR count). The molecule has 0 saturated carbocycles. The summed E-state index contributed by atoms with van der Waals surface area (Å²) in [5.41, 5.74) is 3.20. The zero-order chi connectivity index (χ0) is 21.6. The highest BCUT2D eigenvalue weighted by Gasteiger charge is 2.20. The largest absolute Gasteiger partial charge is 0.474 e. The van der Waals surface area contributed by atoms with Gasteiger partial charge in [0.05, 0.1) is 6.10 Å². The van der Waals surface area contributed by atoms with Crippen LogP contribution < -0.4 is 10.1 Å². The third-order valence-corrected chi connectivity index (χ3v) is 6.13. The number of carbonyl (C=O) groups is 1. The summed E-state index contributed by atoms with van der Waals surface area (Å²) in [6, 6.07) is 11.8. The van der Waals surface area contributed by atoms with E-state index in [4.69, 9.17) is 4.74 Å². The molecule has 2 aromatic rings. The Kier molecular flexibility index (Phi) is 7.17. The smallest absolute Gasteiger partial charge is 0.251 e. The zero-order valence-corrected chi connectivity index (χ0v) is 18.2. The fourth-order valence-electron chi connectivity index (χ4n) is 4.27. The van der Waals surface area contributed by atoms with Crippen molar-refractivity contribution in [3.05, 3.63) is 59.3 Å². The monoisotopic (exact) mass is 424 g/mol. The van der Waals surface area contributed by atoms with Gasteiger partial charge in [-0.2, -0.15) is 0 Å². The van der Waals surface area contributed by atoms with E-state index in [0.29, 0.717) is 18.0 Å². The topological polar surface area (TPSA) is 77.9 Å². The van der Waals surface area contributed by atoms with Gasteiger partial charge in [0, 0.05) is 57.1 Å². The molecule has 0 aliphatic carbocycles. The number of amides is 1. The molecule has 3 heterocycles. The fourth-order valence-corrected chi connectivity index (χ4v) is 4.27. The van der Waals surface area contributed by atoms with Crippen LogP contribution in [0.5, 0.6) is 5.88 Å². The fraction of sp³-hybridized carbons (Fsp3) is 0.500. The number of aliphatic hydroxyl groups excluding tert-OH is 1. The van der Waals surface area contributed by atoms with E-state index < -0.39 is 6.10 Å². The van der Waals surface area contributed by atoms with E-state index in [1.165, 1.54) is 11.1 Å². The Morgan fingerprint density at radius 3 is 2.81 bits per heavy atom. The SMILES string of the molecule is CN1CCC(Oc2cc(C(=O)NCC(O)CN3CCc4ccccc4C3)ccn2)CC1. The number of ether oxygens (including phenoxy) is 1. The molecule has 0 spiro atoms. The number of pyridine rings is 1. The summed E-state index contributed by atoms with van der Waals surface area (Å²) in [5.74, 6) is 0.258. The lowest BCUT2D eigenvalue weighted by atomic mass is 10.00. The number of β-amino-alcohol motifs (C(OH)–C–C–N with tert-alkyl or cyclic N) is 1. The first-order chi connectivity index (χ1) is 15.1. The zero-order valence-electron chi connectivity index (χ0n) is 18.2. The number of aliphatic hydroxyl groups is 1.